The van der Waals surface area contributed by atoms with Crippen LogP contribution in [0.25, 0.3) is 11.1 Å². The molecular weight excluding hydrogens is 303 g/mol. The average molecular weight is 326 g/mol. The van der Waals surface area contributed by atoms with Gasteiger partial charge in [-0.15, -0.1) is 0 Å². The first kappa shape index (κ1) is 15.0. The molecule has 1 aliphatic carbocycles. The maximum absolute atomic E-state index is 6.09. The molecule has 0 N–H and O–H groups in total. The maximum Gasteiger partial charge on any atom is 0.128 e. The van der Waals surface area contributed by atoms with E-state index in [-0.39, 0.29) is 7.92 Å². The minimum Gasteiger partial charge on any atom is -0.496 e. The van der Waals surface area contributed by atoms with E-state index < -0.39 is 0 Å². The molecule has 1 saturated carbocycles. The minimum atomic E-state index is -0.219. The van der Waals surface area contributed by atoms with Crippen LogP contribution < -0.4 is 14.8 Å². The molecule has 2 nitrogen and oxygen atoms in total. The second kappa shape index (κ2) is 6.53. The molecule has 1 heterocycles. The van der Waals surface area contributed by atoms with Crippen LogP contribution in [0.5, 0.6) is 11.5 Å². The monoisotopic (exact) mass is 326 g/mol. The third kappa shape index (κ3) is 2.74. The van der Waals surface area contributed by atoms with Gasteiger partial charge in [0.15, 0.2) is 0 Å². The summed E-state index contributed by atoms with van der Waals surface area (Å²) in [6.07, 6.45) is 7.82. The Labute approximate surface area is 139 Å². The summed E-state index contributed by atoms with van der Waals surface area (Å²) in [6, 6.07) is 14.8. The van der Waals surface area contributed by atoms with Gasteiger partial charge in [-0.05, 0) is 44.1 Å². The molecule has 1 aliphatic heterocycles. The molecule has 4 rings (SSSR count). The SMILES string of the molecule is COc1ccccc1-c1cccc2c1P(C1CCCCC1)CO2. The highest BCUT2D eigenvalue weighted by Crippen LogP contribution is 2.54. The van der Waals surface area contributed by atoms with Crippen LogP contribution in [0.2, 0.25) is 0 Å². The molecule has 0 aromatic heterocycles. The van der Waals surface area contributed by atoms with Crippen LogP contribution in [0.4, 0.5) is 0 Å². The number of rotatable bonds is 3. The number of benzene rings is 2. The molecule has 0 bridgehead atoms. The summed E-state index contributed by atoms with van der Waals surface area (Å²) in [5.74, 6) is 2.05. The van der Waals surface area contributed by atoms with Crippen LogP contribution in [-0.4, -0.2) is 19.1 Å². The van der Waals surface area contributed by atoms with Gasteiger partial charge in [0.25, 0.3) is 0 Å². The van der Waals surface area contributed by atoms with Gasteiger partial charge in [0.05, 0.1) is 7.11 Å². The van der Waals surface area contributed by atoms with Gasteiger partial charge in [-0.25, -0.2) is 0 Å². The largest absolute Gasteiger partial charge is 0.496 e. The molecule has 23 heavy (non-hydrogen) atoms. The van der Waals surface area contributed by atoms with Crippen molar-refractivity contribution in [2.24, 2.45) is 0 Å². The van der Waals surface area contributed by atoms with Crippen LogP contribution in [-0.2, 0) is 0 Å². The van der Waals surface area contributed by atoms with E-state index in [1.165, 1.54) is 48.5 Å². The fourth-order valence-corrected chi connectivity index (χ4v) is 6.80. The number of fused-ring (bicyclic) bond motifs is 1. The lowest BCUT2D eigenvalue weighted by molar-refractivity contribution is 0.399. The summed E-state index contributed by atoms with van der Waals surface area (Å²) < 4.78 is 11.7. The second-order valence-electron chi connectivity index (χ2n) is 6.39. The van der Waals surface area contributed by atoms with Gasteiger partial charge < -0.3 is 9.47 Å². The molecule has 1 fully saturated rings. The van der Waals surface area contributed by atoms with Gasteiger partial charge in [-0.1, -0.05) is 49.6 Å². The topological polar surface area (TPSA) is 18.5 Å². The summed E-state index contributed by atoms with van der Waals surface area (Å²) in [6.45, 7) is 0. The Morgan fingerprint density at radius 3 is 2.57 bits per heavy atom. The zero-order chi connectivity index (χ0) is 15.6. The number of ether oxygens (including phenoxy) is 2. The van der Waals surface area contributed by atoms with Crippen molar-refractivity contribution in [2.45, 2.75) is 37.8 Å². The fourth-order valence-electron chi connectivity index (χ4n) is 3.90. The lowest BCUT2D eigenvalue weighted by Crippen LogP contribution is -2.17. The van der Waals surface area contributed by atoms with Crippen LogP contribution >= 0.6 is 7.92 Å². The average Bonchev–Trinajstić information content (AvgIpc) is 3.06. The minimum absolute atomic E-state index is 0.219. The van der Waals surface area contributed by atoms with Crippen molar-refractivity contribution in [3.8, 4) is 22.6 Å². The van der Waals surface area contributed by atoms with Crippen molar-refractivity contribution in [2.75, 3.05) is 13.5 Å². The lowest BCUT2D eigenvalue weighted by atomic mass is 10.0. The molecule has 0 saturated heterocycles. The molecule has 0 spiro atoms. The summed E-state index contributed by atoms with van der Waals surface area (Å²) in [5.41, 5.74) is 3.34. The molecule has 1 unspecified atom stereocenters. The van der Waals surface area contributed by atoms with Crippen molar-refractivity contribution in [1.82, 2.24) is 0 Å². The third-order valence-electron chi connectivity index (χ3n) is 5.06. The van der Waals surface area contributed by atoms with E-state index in [4.69, 9.17) is 9.47 Å². The molecule has 1 atom stereocenters. The first-order valence-electron chi connectivity index (χ1n) is 8.54. The molecule has 120 valence electrons. The summed E-state index contributed by atoms with van der Waals surface area (Å²) in [4.78, 5) is 0. The smallest absolute Gasteiger partial charge is 0.128 e. The summed E-state index contributed by atoms with van der Waals surface area (Å²) in [7, 11) is 1.53. The Kier molecular flexibility index (Phi) is 4.27. The van der Waals surface area contributed by atoms with Gasteiger partial charge in [0.2, 0.25) is 0 Å². The summed E-state index contributed by atoms with van der Waals surface area (Å²) >= 11 is 0. The van der Waals surface area contributed by atoms with E-state index in [9.17, 15) is 0 Å². The zero-order valence-corrected chi connectivity index (χ0v) is 14.5. The Morgan fingerprint density at radius 1 is 0.957 bits per heavy atom. The van der Waals surface area contributed by atoms with E-state index in [2.05, 4.69) is 30.3 Å². The Hall–Kier alpha value is -1.53. The van der Waals surface area contributed by atoms with Gasteiger partial charge in [-0.2, -0.15) is 0 Å². The number of methoxy groups -OCH3 is 1. The van der Waals surface area contributed by atoms with Gasteiger partial charge in [0, 0.05) is 10.9 Å². The van der Waals surface area contributed by atoms with Gasteiger partial charge >= 0.3 is 0 Å². The van der Waals surface area contributed by atoms with Gasteiger partial charge in [0.1, 0.15) is 17.8 Å². The Morgan fingerprint density at radius 2 is 1.74 bits per heavy atom. The quantitative estimate of drug-likeness (QED) is 0.726. The molecule has 2 aromatic rings. The zero-order valence-electron chi connectivity index (χ0n) is 13.6. The van der Waals surface area contributed by atoms with Crippen molar-refractivity contribution >= 4 is 13.2 Å². The lowest BCUT2D eigenvalue weighted by Gasteiger charge is -2.28. The number of hydrogen-bond acceptors (Lipinski definition) is 2. The van der Waals surface area contributed by atoms with Crippen LogP contribution in [0.1, 0.15) is 32.1 Å². The van der Waals surface area contributed by atoms with Crippen LogP contribution in [0.15, 0.2) is 42.5 Å². The highest BCUT2D eigenvalue weighted by molar-refractivity contribution is 7.67. The second-order valence-corrected chi connectivity index (χ2v) is 8.76. The first-order valence-corrected chi connectivity index (χ1v) is 10.1. The standard InChI is InChI=1S/C20H23O2P/c1-21-18-12-6-5-10-16(18)17-11-7-13-19-20(17)23(14-22-19)15-8-3-2-4-9-15/h5-7,10-13,15H,2-4,8-9,14H2,1H3. The predicted molar refractivity (Wildman–Crippen MR) is 97.4 cm³/mol. The molecule has 0 radical (unpaired) electrons. The Bertz CT molecular complexity index is 692. The third-order valence-corrected chi connectivity index (χ3v) is 7.90. The fraction of sp³-hybridized carbons (Fsp3) is 0.400. The van der Waals surface area contributed by atoms with Crippen LogP contribution in [0, 0.1) is 0 Å². The normalized spacial score (nSPS) is 20.8. The number of hydrogen-bond donors (Lipinski definition) is 0. The molecular formula is C20H23O2P. The number of para-hydroxylation sites is 1. The predicted octanol–water partition coefficient (Wildman–Crippen LogP) is 5.15. The first-order chi connectivity index (χ1) is 11.4. The summed E-state index contributed by atoms with van der Waals surface area (Å²) in [5, 5.41) is 1.47. The molecule has 2 aliphatic rings. The van der Waals surface area contributed by atoms with Crippen molar-refractivity contribution in [1.29, 1.82) is 0 Å². The highest BCUT2D eigenvalue weighted by Gasteiger charge is 2.34. The molecule has 3 heteroatoms. The molecule has 0 amide bonds. The van der Waals surface area contributed by atoms with Crippen molar-refractivity contribution in [3.05, 3.63) is 42.5 Å². The van der Waals surface area contributed by atoms with E-state index in [0.717, 1.165) is 23.5 Å². The van der Waals surface area contributed by atoms with E-state index >= 15 is 0 Å². The van der Waals surface area contributed by atoms with Crippen molar-refractivity contribution in [3.63, 3.8) is 0 Å². The highest BCUT2D eigenvalue weighted by atomic mass is 31.1. The molecule has 2 aromatic carbocycles. The van der Waals surface area contributed by atoms with E-state index in [0.29, 0.717) is 0 Å². The van der Waals surface area contributed by atoms with Crippen molar-refractivity contribution < 1.29 is 9.47 Å². The van der Waals surface area contributed by atoms with E-state index in [1.54, 1.807) is 7.11 Å². The van der Waals surface area contributed by atoms with Crippen LogP contribution in [0.3, 0.4) is 0 Å². The maximum atomic E-state index is 6.09. The van der Waals surface area contributed by atoms with Gasteiger partial charge in [-0.3, -0.25) is 0 Å². The Balaban J connectivity index is 1.79. The van der Waals surface area contributed by atoms with E-state index in [1.807, 2.05) is 12.1 Å².